The SMILES string of the molecule is C=C1C2=C(O)[C@@]3(C)C(=O)C(C(C)=O)=C(C)C[C@@]3(C)C[C@@]2(C)Cc2c(C(C)=O)cc(C(C)(C)C)c(O)c21. The van der Waals surface area contributed by atoms with E-state index in [9.17, 15) is 24.6 Å². The summed E-state index contributed by atoms with van der Waals surface area (Å²) >= 11 is 0. The molecule has 0 saturated carbocycles. The summed E-state index contributed by atoms with van der Waals surface area (Å²) in [6.45, 7) is 20.8. The van der Waals surface area contributed by atoms with Crippen molar-refractivity contribution in [1.82, 2.24) is 0 Å². The van der Waals surface area contributed by atoms with Crippen molar-refractivity contribution in [2.45, 2.75) is 87.0 Å². The zero-order chi connectivity index (χ0) is 27.3. The van der Waals surface area contributed by atoms with Crippen LogP contribution in [0.4, 0.5) is 0 Å². The van der Waals surface area contributed by atoms with E-state index in [0.717, 1.165) is 11.1 Å². The van der Waals surface area contributed by atoms with E-state index in [-0.39, 0.29) is 34.4 Å². The van der Waals surface area contributed by atoms with Crippen LogP contribution in [-0.4, -0.2) is 27.6 Å². The summed E-state index contributed by atoms with van der Waals surface area (Å²) in [6.07, 6.45) is 1.49. The topological polar surface area (TPSA) is 91.7 Å². The molecule has 3 atom stereocenters. The monoisotopic (exact) mass is 490 g/mol. The van der Waals surface area contributed by atoms with Gasteiger partial charge in [0.05, 0.1) is 11.0 Å². The number of aromatic hydroxyl groups is 1. The largest absolute Gasteiger partial charge is 0.511 e. The molecule has 0 unspecified atom stereocenters. The third kappa shape index (κ3) is 3.17. The average Bonchev–Trinajstić information content (AvgIpc) is 2.68. The molecular weight excluding hydrogens is 452 g/mol. The summed E-state index contributed by atoms with van der Waals surface area (Å²) in [6, 6.07) is 1.80. The summed E-state index contributed by atoms with van der Waals surface area (Å²) in [5.74, 6) is -0.754. The van der Waals surface area contributed by atoms with Crippen molar-refractivity contribution in [2.24, 2.45) is 16.2 Å². The summed E-state index contributed by atoms with van der Waals surface area (Å²) < 4.78 is 0. The van der Waals surface area contributed by atoms with Gasteiger partial charge in [0.25, 0.3) is 0 Å². The first-order valence-corrected chi connectivity index (χ1v) is 12.6. The van der Waals surface area contributed by atoms with Gasteiger partial charge in [0.1, 0.15) is 11.5 Å². The standard InChI is InChI=1S/C31H38O5/c1-15-12-30(9)14-29(8)13-20-19(17(3)32)11-21(28(5,6)7)25(34)23(20)16(2)24(29)27(36)31(30,10)26(35)22(15)18(4)33/h11,34,36H,2,12-14H2,1,3-10H3/t29-,30+,31-/m1/s1. The van der Waals surface area contributed by atoms with Crippen LogP contribution in [0.25, 0.3) is 5.57 Å². The van der Waals surface area contributed by atoms with E-state index in [1.54, 1.807) is 13.0 Å². The molecule has 0 bridgehead atoms. The predicted octanol–water partition coefficient (Wildman–Crippen LogP) is 6.57. The lowest BCUT2D eigenvalue weighted by molar-refractivity contribution is -0.137. The van der Waals surface area contributed by atoms with Crippen molar-refractivity contribution >= 4 is 22.9 Å². The Bertz CT molecular complexity index is 1350. The lowest BCUT2D eigenvalue weighted by Crippen LogP contribution is -2.56. The average molecular weight is 491 g/mol. The molecule has 5 heteroatoms. The molecule has 0 heterocycles. The second-order valence-corrected chi connectivity index (χ2v) is 13.0. The minimum absolute atomic E-state index is 0.0588. The lowest BCUT2D eigenvalue weighted by atomic mass is 9.44. The number of hydrogen-bond acceptors (Lipinski definition) is 5. The van der Waals surface area contributed by atoms with E-state index in [1.807, 2.05) is 41.5 Å². The van der Waals surface area contributed by atoms with Crippen LogP contribution in [0, 0.1) is 16.2 Å². The minimum atomic E-state index is -1.30. The van der Waals surface area contributed by atoms with Gasteiger partial charge in [-0.25, -0.2) is 0 Å². The Balaban J connectivity index is 2.07. The Hall–Kier alpha value is -2.95. The normalized spacial score (nSPS) is 30.1. The molecule has 1 aromatic carbocycles. The fourth-order valence-corrected chi connectivity index (χ4v) is 7.43. The minimum Gasteiger partial charge on any atom is -0.511 e. The fraction of sp³-hybridized carbons (Fsp3) is 0.516. The van der Waals surface area contributed by atoms with Crippen LogP contribution in [0.3, 0.4) is 0 Å². The number of phenols is 1. The Kier molecular flexibility index (Phi) is 5.47. The van der Waals surface area contributed by atoms with Gasteiger partial charge in [-0.15, -0.1) is 0 Å². The van der Waals surface area contributed by atoms with Gasteiger partial charge < -0.3 is 10.2 Å². The van der Waals surface area contributed by atoms with Gasteiger partial charge in [-0.05, 0) is 75.0 Å². The van der Waals surface area contributed by atoms with Crippen molar-refractivity contribution in [1.29, 1.82) is 0 Å². The molecular formula is C31H38O5. The first-order chi connectivity index (χ1) is 16.3. The van der Waals surface area contributed by atoms with Crippen LogP contribution in [0.5, 0.6) is 5.75 Å². The smallest absolute Gasteiger partial charge is 0.180 e. The third-order valence-electron chi connectivity index (χ3n) is 9.18. The molecule has 3 aliphatic carbocycles. The summed E-state index contributed by atoms with van der Waals surface area (Å²) in [7, 11) is 0. The fourth-order valence-electron chi connectivity index (χ4n) is 7.43. The number of ketones is 3. The highest BCUT2D eigenvalue weighted by atomic mass is 16.3. The Labute approximate surface area is 214 Å². The number of allylic oxidation sites excluding steroid dienone is 5. The van der Waals surface area contributed by atoms with Gasteiger partial charge in [-0.1, -0.05) is 46.8 Å². The first kappa shape index (κ1) is 26.1. The van der Waals surface area contributed by atoms with Crippen molar-refractivity contribution in [3.63, 3.8) is 0 Å². The van der Waals surface area contributed by atoms with Crippen LogP contribution in [0.1, 0.15) is 102 Å². The van der Waals surface area contributed by atoms with Crippen LogP contribution in [0.2, 0.25) is 0 Å². The second kappa shape index (κ2) is 7.53. The zero-order valence-electron chi connectivity index (χ0n) is 23.0. The molecule has 36 heavy (non-hydrogen) atoms. The van der Waals surface area contributed by atoms with E-state index in [1.165, 1.54) is 13.8 Å². The second-order valence-electron chi connectivity index (χ2n) is 13.0. The molecule has 0 amide bonds. The first-order valence-electron chi connectivity index (χ1n) is 12.6. The quantitative estimate of drug-likeness (QED) is 0.361. The van der Waals surface area contributed by atoms with Gasteiger partial charge in [-0.2, -0.15) is 0 Å². The molecule has 0 fully saturated rings. The number of aliphatic hydroxyl groups excluding tert-OH is 1. The number of carbonyl (C=O) groups is 3. The summed E-state index contributed by atoms with van der Waals surface area (Å²) in [5.41, 5.74) is 1.31. The van der Waals surface area contributed by atoms with Crippen LogP contribution in [-0.2, 0) is 21.4 Å². The molecule has 5 nitrogen and oxygen atoms in total. The molecule has 0 aromatic heterocycles. The number of benzene rings is 1. The van der Waals surface area contributed by atoms with Crippen molar-refractivity contribution in [2.75, 3.05) is 0 Å². The zero-order valence-corrected chi connectivity index (χ0v) is 23.0. The van der Waals surface area contributed by atoms with Crippen molar-refractivity contribution in [3.05, 3.63) is 57.4 Å². The molecule has 3 aliphatic rings. The number of fused-ring (bicyclic) bond motifs is 3. The maximum Gasteiger partial charge on any atom is 0.180 e. The third-order valence-corrected chi connectivity index (χ3v) is 9.18. The molecule has 4 rings (SSSR count). The number of Topliss-reactive ketones (excluding diaryl/α,β-unsaturated/α-hetero) is 3. The summed E-state index contributed by atoms with van der Waals surface area (Å²) in [4.78, 5) is 39.1. The number of aliphatic hydroxyl groups is 1. The van der Waals surface area contributed by atoms with E-state index in [2.05, 4.69) is 6.58 Å². The molecule has 0 spiro atoms. The Morgan fingerprint density at radius 3 is 2.11 bits per heavy atom. The van der Waals surface area contributed by atoms with Gasteiger partial charge >= 0.3 is 0 Å². The molecule has 0 radical (unpaired) electrons. The number of rotatable bonds is 2. The lowest BCUT2D eigenvalue weighted by Gasteiger charge is -2.58. The highest BCUT2D eigenvalue weighted by Crippen LogP contribution is 2.68. The van der Waals surface area contributed by atoms with E-state index in [4.69, 9.17) is 0 Å². The van der Waals surface area contributed by atoms with Crippen molar-refractivity contribution in [3.8, 4) is 5.75 Å². The van der Waals surface area contributed by atoms with Gasteiger partial charge in [-0.3, -0.25) is 14.4 Å². The number of hydrogen-bond donors (Lipinski definition) is 2. The van der Waals surface area contributed by atoms with Gasteiger partial charge in [0.15, 0.2) is 17.3 Å². The van der Waals surface area contributed by atoms with Crippen LogP contribution in [0.15, 0.2) is 35.1 Å². The molecule has 192 valence electrons. The van der Waals surface area contributed by atoms with Crippen LogP contribution < -0.4 is 0 Å². The highest BCUT2D eigenvalue weighted by molar-refractivity contribution is 6.23. The number of carbonyl (C=O) groups excluding carboxylic acids is 3. The van der Waals surface area contributed by atoms with Crippen molar-refractivity contribution < 1.29 is 24.6 Å². The molecule has 0 saturated heterocycles. The Morgan fingerprint density at radius 2 is 1.61 bits per heavy atom. The molecule has 2 N–H and O–H groups in total. The van der Waals surface area contributed by atoms with Gasteiger partial charge in [0.2, 0.25) is 0 Å². The maximum absolute atomic E-state index is 13.9. The van der Waals surface area contributed by atoms with Crippen LogP contribution >= 0.6 is 0 Å². The molecule has 1 aromatic rings. The molecule has 0 aliphatic heterocycles. The Morgan fingerprint density at radius 1 is 1.03 bits per heavy atom. The van der Waals surface area contributed by atoms with E-state index in [0.29, 0.717) is 47.1 Å². The highest BCUT2D eigenvalue weighted by Gasteiger charge is 2.64. The maximum atomic E-state index is 13.9. The predicted molar refractivity (Wildman–Crippen MR) is 141 cm³/mol. The van der Waals surface area contributed by atoms with Gasteiger partial charge in [0, 0.05) is 27.7 Å². The van der Waals surface area contributed by atoms with E-state index < -0.39 is 21.7 Å². The van der Waals surface area contributed by atoms with E-state index >= 15 is 0 Å². The number of phenolic OH excluding ortho intramolecular Hbond substituents is 1. The summed E-state index contributed by atoms with van der Waals surface area (Å²) in [5, 5.41) is 23.4.